The Kier molecular flexibility index (Phi) is 42.7. The lowest BCUT2D eigenvalue weighted by molar-refractivity contribution is -0.889. The van der Waals surface area contributed by atoms with Crippen molar-refractivity contribution < 1.29 is 38.2 Å². The van der Waals surface area contributed by atoms with Gasteiger partial charge in [0.05, 0.1) is 40.3 Å². The maximum absolute atomic E-state index is 12.8. The van der Waals surface area contributed by atoms with E-state index >= 15 is 0 Å². The summed E-state index contributed by atoms with van der Waals surface area (Å²) in [4.78, 5) is 37.0. The van der Waals surface area contributed by atoms with E-state index in [-0.39, 0.29) is 42.7 Å². The van der Waals surface area contributed by atoms with Crippen molar-refractivity contribution in [1.29, 1.82) is 0 Å². The second-order valence-corrected chi connectivity index (χ2v) is 17.4. The molecule has 2 atom stereocenters. The monoisotopic (exact) mass is 890 g/mol. The van der Waals surface area contributed by atoms with E-state index in [4.69, 9.17) is 14.2 Å². The minimum Gasteiger partial charge on any atom is -0.544 e. The summed E-state index contributed by atoms with van der Waals surface area (Å²) in [6, 6.07) is -0.740. The normalized spacial score (nSPS) is 13.8. The Bertz CT molecular complexity index is 1410. The zero-order valence-electron chi connectivity index (χ0n) is 41.2. The number of esters is 2. The molecule has 64 heavy (non-hydrogen) atoms. The molecule has 362 valence electrons. The van der Waals surface area contributed by atoms with E-state index in [0.29, 0.717) is 19.3 Å². The third kappa shape index (κ3) is 43.3. The number of carbonyl (C=O) groups excluding carboxylic acids is 3. The number of hydrogen-bond acceptors (Lipinski definition) is 7. The van der Waals surface area contributed by atoms with Crippen LogP contribution in [-0.4, -0.2) is 75.5 Å². The van der Waals surface area contributed by atoms with E-state index in [0.717, 1.165) is 64.2 Å². The maximum atomic E-state index is 12.8. The van der Waals surface area contributed by atoms with Crippen LogP contribution in [0.3, 0.4) is 0 Å². The predicted octanol–water partition coefficient (Wildman–Crippen LogP) is 13.1. The molecule has 0 bridgehead atoms. The van der Waals surface area contributed by atoms with Crippen LogP contribution in [-0.2, 0) is 28.6 Å². The van der Waals surface area contributed by atoms with Gasteiger partial charge in [-0.1, -0.05) is 200 Å². The van der Waals surface area contributed by atoms with Crippen LogP contribution in [0.25, 0.3) is 0 Å². The number of ether oxygens (including phenoxy) is 3. The van der Waals surface area contributed by atoms with Crippen LogP contribution in [0.2, 0.25) is 0 Å². The molecule has 0 saturated heterocycles. The molecule has 0 aliphatic heterocycles. The Balaban J connectivity index is 4.32. The first kappa shape index (κ1) is 60.0. The third-order valence-electron chi connectivity index (χ3n) is 10.6. The summed E-state index contributed by atoms with van der Waals surface area (Å²) >= 11 is 0. The molecule has 8 nitrogen and oxygen atoms in total. The molecule has 0 aromatic rings. The Morgan fingerprint density at radius 2 is 0.906 bits per heavy atom. The first-order chi connectivity index (χ1) is 31.1. The van der Waals surface area contributed by atoms with Gasteiger partial charge < -0.3 is 28.6 Å². The lowest BCUT2D eigenvalue weighted by Crippen LogP contribution is -2.55. The number of likely N-dealkylation sites (N-methyl/N-ethyl adjacent to an activating group) is 1. The summed E-state index contributed by atoms with van der Waals surface area (Å²) < 4.78 is 17.2. The molecule has 0 aromatic carbocycles. The van der Waals surface area contributed by atoms with Gasteiger partial charge in [0.25, 0.3) is 0 Å². The average Bonchev–Trinajstić information content (AvgIpc) is 3.26. The Morgan fingerprint density at radius 3 is 1.42 bits per heavy atom. The van der Waals surface area contributed by atoms with Gasteiger partial charge in [-0.05, 0) is 64.2 Å². The predicted molar refractivity (Wildman–Crippen MR) is 268 cm³/mol. The smallest absolute Gasteiger partial charge is 0.306 e. The standard InChI is InChI=1S/C56H91NO7/c1-6-8-10-12-14-16-18-20-22-24-25-26-27-28-29-31-33-35-37-39-41-43-45-47-55(59)64-52(50-62-49-48-53(56(60)61)57(3,4)5)51-63-54(58)46-44-42-40-38-36-34-32-30-23-21-19-17-15-13-11-9-7-2/h8-11,13-17,19-23,30,32,34,36,52-53H,6-7,12,18,24-29,31,33,35,37-51H2,1-5H3/b10-8+,11-9+,15-13+,16-14+,19-17+,22-20+,23-21+,32-30+,36-34+. The number of allylic oxidation sites excluding steroid dienone is 18. The zero-order chi connectivity index (χ0) is 47.0. The van der Waals surface area contributed by atoms with Crippen LogP contribution in [0.5, 0.6) is 0 Å². The Labute approximate surface area is 391 Å². The number of aliphatic carboxylic acids is 1. The van der Waals surface area contributed by atoms with Crippen molar-refractivity contribution in [2.24, 2.45) is 0 Å². The van der Waals surface area contributed by atoms with Gasteiger partial charge in [-0.2, -0.15) is 0 Å². The highest BCUT2D eigenvalue weighted by Gasteiger charge is 2.25. The largest absolute Gasteiger partial charge is 0.544 e. The van der Waals surface area contributed by atoms with Crippen molar-refractivity contribution >= 4 is 17.9 Å². The molecule has 0 rings (SSSR count). The quantitative estimate of drug-likeness (QED) is 0.0197. The molecule has 8 heteroatoms. The summed E-state index contributed by atoms with van der Waals surface area (Å²) in [6.45, 7) is 4.35. The highest BCUT2D eigenvalue weighted by atomic mass is 16.6. The summed E-state index contributed by atoms with van der Waals surface area (Å²) in [7, 11) is 5.39. The summed E-state index contributed by atoms with van der Waals surface area (Å²) in [5.41, 5.74) is 0. The molecular weight excluding hydrogens is 799 g/mol. The van der Waals surface area contributed by atoms with Crippen LogP contribution >= 0.6 is 0 Å². The number of carbonyl (C=O) groups is 3. The van der Waals surface area contributed by atoms with E-state index in [2.05, 4.69) is 62.5 Å². The molecule has 0 aromatic heterocycles. The second-order valence-electron chi connectivity index (χ2n) is 17.4. The fraction of sp³-hybridized carbons (Fsp3) is 0.625. The van der Waals surface area contributed by atoms with Gasteiger partial charge >= 0.3 is 11.9 Å². The highest BCUT2D eigenvalue weighted by molar-refractivity contribution is 5.70. The topological polar surface area (TPSA) is 102 Å². The zero-order valence-corrected chi connectivity index (χ0v) is 41.2. The van der Waals surface area contributed by atoms with E-state index in [1.54, 1.807) is 21.1 Å². The van der Waals surface area contributed by atoms with Crippen LogP contribution in [0.1, 0.15) is 174 Å². The van der Waals surface area contributed by atoms with Crippen LogP contribution in [0.4, 0.5) is 0 Å². The van der Waals surface area contributed by atoms with Crippen molar-refractivity contribution in [3.8, 4) is 0 Å². The van der Waals surface area contributed by atoms with Crippen molar-refractivity contribution in [2.45, 2.75) is 187 Å². The van der Waals surface area contributed by atoms with Gasteiger partial charge in [-0.3, -0.25) is 9.59 Å². The molecule has 0 radical (unpaired) electrons. The van der Waals surface area contributed by atoms with Crippen molar-refractivity contribution in [3.05, 3.63) is 109 Å². The molecule has 0 heterocycles. The van der Waals surface area contributed by atoms with Crippen molar-refractivity contribution in [1.82, 2.24) is 0 Å². The van der Waals surface area contributed by atoms with Crippen LogP contribution < -0.4 is 5.11 Å². The number of hydrogen-bond donors (Lipinski definition) is 0. The lowest BCUT2D eigenvalue weighted by atomic mass is 10.0. The van der Waals surface area contributed by atoms with E-state index in [1.165, 1.54) is 70.6 Å². The molecule has 0 aliphatic rings. The average molecular weight is 890 g/mol. The molecule has 0 amide bonds. The van der Waals surface area contributed by atoms with Crippen molar-refractivity contribution in [2.75, 3.05) is 41.0 Å². The molecule has 0 fully saturated rings. The third-order valence-corrected chi connectivity index (χ3v) is 10.6. The molecule has 0 saturated carbocycles. The fourth-order valence-corrected chi connectivity index (χ4v) is 6.76. The van der Waals surface area contributed by atoms with Gasteiger partial charge in [0.2, 0.25) is 0 Å². The van der Waals surface area contributed by atoms with Crippen LogP contribution in [0.15, 0.2) is 109 Å². The summed E-state index contributed by atoms with van der Waals surface area (Å²) in [5.74, 6) is -1.80. The van der Waals surface area contributed by atoms with Gasteiger partial charge in [-0.25, -0.2) is 0 Å². The van der Waals surface area contributed by atoms with E-state index in [1.807, 2.05) is 60.8 Å². The number of rotatable bonds is 43. The Morgan fingerprint density at radius 1 is 0.484 bits per heavy atom. The van der Waals surface area contributed by atoms with Gasteiger partial charge in [0, 0.05) is 19.3 Å². The van der Waals surface area contributed by atoms with Gasteiger partial charge in [0.1, 0.15) is 12.6 Å². The van der Waals surface area contributed by atoms with Crippen molar-refractivity contribution in [3.63, 3.8) is 0 Å². The van der Waals surface area contributed by atoms with E-state index < -0.39 is 18.1 Å². The minimum absolute atomic E-state index is 0.0191. The molecule has 0 N–H and O–H groups in total. The minimum atomic E-state index is -1.14. The summed E-state index contributed by atoms with van der Waals surface area (Å²) in [6.07, 6.45) is 62.6. The second kappa shape index (κ2) is 45.6. The fourth-order valence-electron chi connectivity index (χ4n) is 6.76. The number of carboxylic acids is 1. The molecular formula is C56H91NO7. The first-order valence-electron chi connectivity index (χ1n) is 25.0. The number of nitrogens with zero attached hydrogens (tertiary/aromatic N) is 1. The molecule has 0 spiro atoms. The van der Waals surface area contributed by atoms with E-state index in [9.17, 15) is 19.5 Å². The summed E-state index contributed by atoms with van der Waals surface area (Å²) in [5, 5.41) is 11.7. The Hall–Kier alpha value is -4.01. The molecule has 2 unspecified atom stereocenters. The number of unbranched alkanes of at least 4 members (excludes halogenated alkanes) is 16. The molecule has 0 aliphatic carbocycles. The number of quaternary nitrogens is 1. The first-order valence-corrected chi connectivity index (χ1v) is 25.0. The lowest BCUT2D eigenvalue weighted by Gasteiger charge is -2.34. The van der Waals surface area contributed by atoms with Gasteiger partial charge in [-0.15, -0.1) is 0 Å². The number of carboxylic acid groups (broad SMARTS) is 1. The van der Waals surface area contributed by atoms with Crippen LogP contribution in [0, 0.1) is 0 Å². The van der Waals surface area contributed by atoms with Gasteiger partial charge in [0.15, 0.2) is 6.10 Å². The maximum Gasteiger partial charge on any atom is 0.306 e. The highest BCUT2D eigenvalue weighted by Crippen LogP contribution is 2.15. The SMILES string of the molecule is CC/C=C/C=C/C=C/C=C/C=C/C=C/CCCCCC(=O)OCC(COCCC(C(=O)[O-])[N+](C)(C)C)OC(=O)CCCCCCCCCCCCCCC/C=C/C/C=C/C/C=C/CC.